The Balaban J connectivity index is 1.49. The molecule has 0 amide bonds. The molecular weight excluding hydrogens is 331 g/mol. The number of rotatable bonds is 2. The molecule has 4 bridgehead atoms. The first kappa shape index (κ1) is 16.0. The molecule has 0 radical (unpaired) electrons. The Kier molecular flexibility index (Phi) is 3.50. The van der Waals surface area contributed by atoms with Gasteiger partial charge in [0.05, 0.1) is 0 Å². The van der Waals surface area contributed by atoms with Crippen LogP contribution in [0.2, 0.25) is 11.6 Å². The van der Waals surface area contributed by atoms with Crippen LogP contribution in [0.1, 0.15) is 67.2 Å². The average molecular weight is 365 g/mol. The van der Waals surface area contributed by atoms with Crippen LogP contribution in [0, 0.1) is 46.3 Å². The first-order chi connectivity index (χ1) is 10.2. The summed E-state index contributed by atoms with van der Waals surface area (Å²) in [7, 11) is 0. The van der Waals surface area contributed by atoms with Gasteiger partial charge in [-0.1, -0.05) is 54.4 Å². The second-order valence-corrected chi connectivity index (χ2v) is 11.7. The molecule has 124 valence electrons. The average Bonchev–Trinajstić information content (AvgIpc) is 2.45. The van der Waals surface area contributed by atoms with Crippen molar-refractivity contribution < 1.29 is 0 Å². The molecule has 0 N–H and O–H groups in total. The van der Waals surface area contributed by atoms with E-state index in [9.17, 15) is 0 Å². The zero-order valence-electron chi connectivity index (χ0n) is 15.4. The summed E-state index contributed by atoms with van der Waals surface area (Å²) in [6, 6.07) is 0. The monoisotopic (exact) mass is 364 g/mol. The van der Waals surface area contributed by atoms with Crippen molar-refractivity contribution >= 4 is 21.3 Å². The largest absolute Gasteiger partial charge is 0.229 e. The lowest BCUT2D eigenvalue weighted by atomic mass is 9.30. The maximum Gasteiger partial charge on any atom is 0.229 e. The number of hydrogen-bond acceptors (Lipinski definition) is 0. The number of hydrogen-bond donors (Lipinski definition) is 0. The fourth-order valence-corrected chi connectivity index (χ4v) is 8.93. The SMILES string of the molecule is C[C@@H]1[C@@H](B(Br)[C@H]2C[C@H]3C[C@@H]([C@@H]2C)C3(C)C)C[C@H]2C[C@@H]1C2(C)C. The second-order valence-electron chi connectivity index (χ2n) is 10.7. The van der Waals surface area contributed by atoms with Gasteiger partial charge in [0.25, 0.3) is 0 Å². The van der Waals surface area contributed by atoms with Gasteiger partial charge in [0, 0.05) is 0 Å². The van der Waals surface area contributed by atoms with Crippen LogP contribution in [0.5, 0.6) is 0 Å². The highest BCUT2D eigenvalue weighted by molar-refractivity contribution is 9.24. The van der Waals surface area contributed by atoms with Gasteiger partial charge in [-0.2, -0.15) is 15.8 Å². The van der Waals surface area contributed by atoms with Gasteiger partial charge in [-0.15, -0.1) is 0 Å². The minimum atomic E-state index is 0.630. The highest BCUT2D eigenvalue weighted by Crippen LogP contribution is 2.69. The summed E-state index contributed by atoms with van der Waals surface area (Å²) in [4.78, 5) is 0. The third kappa shape index (κ3) is 1.88. The zero-order valence-corrected chi connectivity index (χ0v) is 17.0. The van der Waals surface area contributed by atoms with Crippen molar-refractivity contribution in [1.82, 2.24) is 0 Å². The molecule has 22 heavy (non-hydrogen) atoms. The fourth-order valence-electron chi connectivity index (χ4n) is 7.54. The quantitative estimate of drug-likeness (QED) is 0.489. The molecule has 0 unspecified atom stereocenters. The maximum atomic E-state index is 4.25. The van der Waals surface area contributed by atoms with E-state index in [2.05, 4.69) is 57.3 Å². The molecule has 0 nitrogen and oxygen atoms in total. The Bertz CT molecular complexity index is 428. The van der Waals surface area contributed by atoms with E-state index in [0.717, 1.165) is 52.7 Å². The van der Waals surface area contributed by atoms with Crippen molar-refractivity contribution in [1.29, 1.82) is 0 Å². The van der Waals surface area contributed by atoms with Crippen LogP contribution in [-0.2, 0) is 0 Å². The van der Waals surface area contributed by atoms with Crippen molar-refractivity contribution in [2.24, 2.45) is 46.3 Å². The smallest absolute Gasteiger partial charge is 0.156 e. The van der Waals surface area contributed by atoms with Gasteiger partial charge in [-0.05, 0) is 70.8 Å². The van der Waals surface area contributed by atoms with E-state index in [1.54, 1.807) is 0 Å². The van der Waals surface area contributed by atoms with E-state index < -0.39 is 0 Å². The van der Waals surface area contributed by atoms with Gasteiger partial charge in [-0.3, -0.25) is 0 Å². The van der Waals surface area contributed by atoms with Crippen LogP contribution in [0.25, 0.3) is 0 Å². The van der Waals surface area contributed by atoms with E-state index in [4.69, 9.17) is 0 Å². The van der Waals surface area contributed by atoms with Crippen LogP contribution >= 0.6 is 15.8 Å². The Morgan fingerprint density at radius 2 is 1.09 bits per heavy atom. The Morgan fingerprint density at radius 1 is 0.727 bits per heavy atom. The van der Waals surface area contributed by atoms with E-state index >= 15 is 0 Å². The molecule has 0 saturated heterocycles. The molecule has 6 aliphatic rings. The van der Waals surface area contributed by atoms with Crippen LogP contribution in [0.3, 0.4) is 0 Å². The van der Waals surface area contributed by atoms with Gasteiger partial charge in [0.1, 0.15) is 0 Å². The van der Waals surface area contributed by atoms with Crippen LogP contribution in [-0.4, -0.2) is 5.54 Å². The summed E-state index contributed by atoms with van der Waals surface area (Å²) in [6.07, 6.45) is 6.01. The van der Waals surface area contributed by atoms with E-state index in [1.807, 2.05) is 0 Å². The highest BCUT2D eigenvalue weighted by atomic mass is 79.9. The van der Waals surface area contributed by atoms with Crippen molar-refractivity contribution in [2.75, 3.05) is 0 Å². The molecular formula is C20H34BBr. The molecule has 6 rings (SSSR count). The molecule has 0 aliphatic heterocycles. The first-order valence-corrected chi connectivity index (χ1v) is 10.7. The van der Waals surface area contributed by atoms with E-state index in [0.29, 0.717) is 10.8 Å². The van der Waals surface area contributed by atoms with Crippen molar-refractivity contribution in [3.63, 3.8) is 0 Å². The summed E-state index contributed by atoms with van der Waals surface area (Å²) < 4.78 is 0. The summed E-state index contributed by atoms with van der Waals surface area (Å²) in [5.41, 5.74) is 2.04. The van der Waals surface area contributed by atoms with Gasteiger partial charge in [0.15, 0.2) is 0 Å². The lowest BCUT2D eigenvalue weighted by Gasteiger charge is -2.65. The summed E-state index contributed by atoms with van der Waals surface area (Å²) in [5.74, 6) is 7.69. The van der Waals surface area contributed by atoms with Crippen LogP contribution < -0.4 is 0 Å². The molecule has 6 aliphatic carbocycles. The first-order valence-electron chi connectivity index (χ1n) is 9.79. The number of halogens is 1. The summed E-state index contributed by atoms with van der Waals surface area (Å²) in [5, 5.41) is 0. The van der Waals surface area contributed by atoms with Crippen LogP contribution in [0.4, 0.5) is 0 Å². The summed E-state index contributed by atoms with van der Waals surface area (Å²) >= 11 is 4.25. The molecule has 0 aromatic rings. The molecule has 0 heterocycles. The van der Waals surface area contributed by atoms with E-state index in [1.165, 1.54) is 25.7 Å². The lowest BCUT2D eigenvalue weighted by molar-refractivity contribution is -0.106. The standard InChI is InChI=1S/C20H34BBr/c1-11-15-7-13(19(15,3)4)9-17(11)21(22)18-10-14-8-16(12(18)2)20(14,5)6/h11-18H,7-10H2,1-6H3/t11-,12-,13+,14+,15-,16-,17-,18-/m0/s1. The van der Waals surface area contributed by atoms with Gasteiger partial charge in [0.2, 0.25) is 5.54 Å². The second kappa shape index (κ2) is 4.80. The minimum Gasteiger partial charge on any atom is -0.156 e. The predicted molar refractivity (Wildman–Crippen MR) is 100 cm³/mol. The molecule has 8 atom stereocenters. The molecule has 0 aromatic carbocycles. The zero-order chi connectivity index (χ0) is 16.0. The van der Waals surface area contributed by atoms with Gasteiger partial charge >= 0.3 is 0 Å². The van der Waals surface area contributed by atoms with Crippen molar-refractivity contribution in [2.45, 2.75) is 78.9 Å². The topological polar surface area (TPSA) is 0 Å². The third-order valence-corrected chi connectivity index (χ3v) is 11.0. The molecule has 2 heteroatoms. The number of fused-ring (bicyclic) bond motifs is 4. The lowest BCUT2D eigenvalue weighted by Crippen LogP contribution is -2.58. The van der Waals surface area contributed by atoms with Crippen LogP contribution in [0.15, 0.2) is 0 Å². The normalized spacial score (nSPS) is 54.1. The van der Waals surface area contributed by atoms with E-state index in [-0.39, 0.29) is 0 Å². The van der Waals surface area contributed by atoms with Crippen molar-refractivity contribution in [3.05, 3.63) is 0 Å². The molecule has 0 aromatic heterocycles. The Labute approximate surface area is 146 Å². The molecule has 0 spiro atoms. The predicted octanol–water partition coefficient (Wildman–Crippen LogP) is 6.52. The Morgan fingerprint density at radius 3 is 1.36 bits per heavy atom. The summed E-state index contributed by atoms with van der Waals surface area (Å²) in [6.45, 7) is 15.3. The van der Waals surface area contributed by atoms with Gasteiger partial charge in [-0.25, -0.2) is 0 Å². The molecule has 6 saturated carbocycles. The fraction of sp³-hybridized carbons (Fsp3) is 1.00. The third-order valence-electron chi connectivity index (χ3n) is 9.64. The maximum absolute atomic E-state index is 4.25. The Hall–Kier alpha value is 0.545. The van der Waals surface area contributed by atoms with Gasteiger partial charge < -0.3 is 0 Å². The highest BCUT2D eigenvalue weighted by Gasteiger charge is 2.62. The van der Waals surface area contributed by atoms with Crippen molar-refractivity contribution in [3.8, 4) is 0 Å². The minimum absolute atomic E-state index is 0.630. The molecule has 6 fully saturated rings.